The molecular formula is C15H30O. The van der Waals surface area contributed by atoms with Gasteiger partial charge in [-0.2, -0.15) is 0 Å². The SMILES string of the molecule is CC(C)CC1CC1.CC(C)CC1CCCO1. The summed E-state index contributed by atoms with van der Waals surface area (Å²) in [7, 11) is 0. The molecule has 96 valence electrons. The highest BCUT2D eigenvalue weighted by Crippen LogP contribution is 2.34. The molecule has 0 aromatic carbocycles. The van der Waals surface area contributed by atoms with Crippen LogP contribution in [-0.4, -0.2) is 12.7 Å². The van der Waals surface area contributed by atoms with Crippen molar-refractivity contribution in [3.8, 4) is 0 Å². The number of hydrogen-bond donors (Lipinski definition) is 0. The molecule has 0 aromatic heterocycles. The van der Waals surface area contributed by atoms with E-state index in [1.165, 1.54) is 38.5 Å². The van der Waals surface area contributed by atoms with Crippen LogP contribution in [0.25, 0.3) is 0 Å². The fourth-order valence-electron chi connectivity index (χ4n) is 2.38. The summed E-state index contributed by atoms with van der Waals surface area (Å²) in [6.07, 6.45) is 8.90. The summed E-state index contributed by atoms with van der Waals surface area (Å²) < 4.78 is 5.46. The average Bonchev–Trinajstić information content (AvgIpc) is 2.80. The van der Waals surface area contributed by atoms with Crippen LogP contribution < -0.4 is 0 Å². The normalized spacial score (nSPS) is 24.8. The summed E-state index contributed by atoms with van der Waals surface area (Å²) in [6, 6.07) is 0. The molecule has 1 saturated carbocycles. The molecular weight excluding hydrogens is 196 g/mol. The van der Waals surface area contributed by atoms with Crippen LogP contribution in [0.1, 0.15) is 66.2 Å². The van der Waals surface area contributed by atoms with Crippen LogP contribution in [0.4, 0.5) is 0 Å². The predicted molar refractivity (Wildman–Crippen MR) is 70.6 cm³/mol. The van der Waals surface area contributed by atoms with Gasteiger partial charge in [-0.15, -0.1) is 0 Å². The Morgan fingerprint density at radius 2 is 1.56 bits per heavy atom. The van der Waals surface area contributed by atoms with Crippen molar-refractivity contribution >= 4 is 0 Å². The van der Waals surface area contributed by atoms with Crippen molar-refractivity contribution in [2.45, 2.75) is 72.3 Å². The monoisotopic (exact) mass is 226 g/mol. The van der Waals surface area contributed by atoms with Gasteiger partial charge in [0.15, 0.2) is 0 Å². The maximum absolute atomic E-state index is 5.46. The molecule has 0 aromatic rings. The zero-order valence-corrected chi connectivity index (χ0v) is 11.7. The molecule has 2 rings (SSSR count). The van der Waals surface area contributed by atoms with Crippen LogP contribution in [0.15, 0.2) is 0 Å². The highest BCUT2D eigenvalue weighted by atomic mass is 16.5. The van der Waals surface area contributed by atoms with E-state index in [0.717, 1.165) is 24.4 Å². The van der Waals surface area contributed by atoms with Crippen LogP contribution >= 0.6 is 0 Å². The lowest BCUT2D eigenvalue weighted by molar-refractivity contribution is 0.0939. The Hall–Kier alpha value is -0.0400. The molecule has 0 bridgehead atoms. The second-order valence-corrected chi connectivity index (χ2v) is 6.34. The highest BCUT2D eigenvalue weighted by Gasteiger charge is 2.21. The van der Waals surface area contributed by atoms with E-state index < -0.39 is 0 Å². The molecule has 0 radical (unpaired) electrons. The van der Waals surface area contributed by atoms with Crippen molar-refractivity contribution in [2.75, 3.05) is 6.61 Å². The van der Waals surface area contributed by atoms with Gasteiger partial charge in [-0.1, -0.05) is 40.5 Å². The Bertz CT molecular complexity index is 164. The van der Waals surface area contributed by atoms with E-state index in [1.807, 2.05) is 0 Å². The first-order valence-corrected chi connectivity index (χ1v) is 7.19. The van der Waals surface area contributed by atoms with Gasteiger partial charge in [0, 0.05) is 6.61 Å². The van der Waals surface area contributed by atoms with E-state index in [2.05, 4.69) is 27.7 Å². The van der Waals surface area contributed by atoms with Crippen LogP contribution in [0.2, 0.25) is 0 Å². The zero-order chi connectivity index (χ0) is 12.0. The Labute approximate surface area is 102 Å². The van der Waals surface area contributed by atoms with E-state index in [9.17, 15) is 0 Å². The minimum atomic E-state index is 0.588. The predicted octanol–water partition coefficient (Wildman–Crippen LogP) is 4.65. The van der Waals surface area contributed by atoms with E-state index in [0.29, 0.717) is 6.10 Å². The minimum absolute atomic E-state index is 0.588. The number of ether oxygens (including phenoxy) is 1. The van der Waals surface area contributed by atoms with Gasteiger partial charge in [0.2, 0.25) is 0 Å². The minimum Gasteiger partial charge on any atom is -0.378 e. The zero-order valence-electron chi connectivity index (χ0n) is 11.7. The van der Waals surface area contributed by atoms with E-state index in [1.54, 1.807) is 0 Å². The number of hydrogen-bond acceptors (Lipinski definition) is 1. The first kappa shape index (κ1) is 14.0. The Balaban J connectivity index is 0.000000165. The maximum Gasteiger partial charge on any atom is 0.0578 e. The second kappa shape index (κ2) is 7.32. The molecule has 16 heavy (non-hydrogen) atoms. The maximum atomic E-state index is 5.46. The summed E-state index contributed by atoms with van der Waals surface area (Å²) in [6.45, 7) is 10.1. The summed E-state index contributed by atoms with van der Waals surface area (Å²) in [5, 5.41) is 0. The van der Waals surface area contributed by atoms with Gasteiger partial charge in [0.25, 0.3) is 0 Å². The first-order chi connectivity index (χ1) is 7.58. The van der Waals surface area contributed by atoms with Crippen molar-refractivity contribution in [1.82, 2.24) is 0 Å². The standard InChI is InChI=1S/C8H16O.C7H14/c1-7(2)6-8-4-3-5-9-8;1-6(2)5-7-3-4-7/h7-8H,3-6H2,1-2H3;6-7H,3-5H2,1-2H3. The molecule has 1 aliphatic heterocycles. The molecule has 2 fully saturated rings. The van der Waals surface area contributed by atoms with Gasteiger partial charge in [0.05, 0.1) is 6.10 Å². The van der Waals surface area contributed by atoms with Crippen molar-refractivity contribution < 1.29 is 4.74 Å². The summed E-state index contributed by atoms with van der Waals surface area (Å²) in [5.74, 6) is 2.86. The van der Waals surface area contributed by atoms with E-state index in [-0.39, 0.29) is 0 Å². The third-order valence-electron chi connectivity index (χ3n) is 3.26. The lowest BCUT2D eigenvalue weighted by Gasteiger charge is -2.10. The lowest BCUT2D eigenvalue weighted by atomic mass is 10.0. The molecule has 1 heterocycles. The molecule has 0 N–H and O–H groups in total. The lowest BCUT2D eigenvalue weighted by Crippen LogP contribution is -2.07. The molecule has 1 unspecified atom stereocenters. The summed E-state index contributed by atoms with van der Waals surface area (Å²) in [5.41, 5.74) is 0. The quantitative estimate of drug-likeness (QED) is 0.678. The van der Waals surface area contributed by atoms with Crippen molar-refractivity contribution in [3.63, 3.8) is 0 Å². The highest BCUT2D eigenvalue weighted by molar-refractivity contribution is 4.73. The van der Waals surface area contributed by atoms with E-state index in [4.69, 9.17) is 4.74 Å². The third-order valence-corrected chi connectivity index (χ3v) is 3.26. The molecule has 1 aliphatic carbocycles. The number of rotatable bonds is 4. The Morgan fingerprint density at radius 3 is 1.88 bits per heavy atom. The molecule has 1 nitrogen and oxygen atoms in total. The summed E-state index contributed by atoms with van der Waals surface area (Å²) >= 11 is 0. The van der Waals surface area contributed by atoms with Crippen LogP contribution in [-0.2, 0) is 4.74 Å². The van der Waals surface area contributed by atoms with Gasteiger partial charge >= 0.3 is 0 Å². The average molecular weight is 226 g/mol. The second-order valence-electron chi connectivity index (χ2n) is 6.34. The molecule has 0 amide bonds. The molecule has 0 spiro atoms. The van der Waals surface area contributed by atoms with E-state index >= 15 is 0 Å². The van der Waals surface area contributed by atoms with Gasteiger partial charge in [-0.05, 0) is 43.4 Å². The van der Waals surface area contributed by atoms with Gasteiger partial charge in [-0.3, -0.25) is 0 Å². The van der Waals surface area contributed by atoms with Gasteiger partial charge in [-0.25, -0.2) is 0 Å². The fourth-order valence-corrected chi connectivity index (χ4v) is 2.38. The van der Waals surface area contributed by atoms with Crippen molar-refractivity contribution in [2.24, 2.45) is 17.8 Å². The summed E-state index contributed by atoms with van der Waals surface area (Å²) in [4.78, 5) is 0. The topological polar surface area (TPSA) is 9.23 Å². The largest absolute Gasteiger partial charge is 0.378 e. The first-order valence-electron chi connectivity index (χ1n) is 7.19. The third kappa shape index (κ3) is 7.27. The molecule has 1 saturated heterocycles. The molecule has 1 atom stereocenters. The van der Waals surface area contributed by atoms with Crippen LogP contribution in [0.3, 0.4) is 0 Å². The molecule has 2 aliphatic rings. The van der Waals surface area contributed by atoms with Gasteiger partial charge in [0.1, 0.15) is 0 Å². The van der Waals surface area contributed by atoms with Crippen molar-refractivity contribution in [1.29, 1.82) is 0 Å². The van der Waals surface area contributed by atoms with Crippen molar-refractivity contribution in [3.05, 3.63) is 0 Å². The molecule has 1 heteroatoms. The Morgan fingerprint density at radius 1 is 0.938 bits per heavy atom. The van der Waals surface area contributed by atoms with Gasteiger partial charge < -0.3 is 4.74 Å². The van der Waals surface area contributed by atoms with Crippen LogP contribution in [0.5, 0.6) is 0 Å². The smallest absolute Gasteiger partial charge is 0.0578 e. The van der Waals surface area contributed by atoms with Crippen LogP contribution in [0, 0.1) is 17.8 Å². The fraction of sp³-hybridized carbons (Fsp3) is 1.00. The Kier molecular flexibility index (Phi) is 6.41.